The van der Waals surface area contributed by atoms with E-state index in [4.69, 9.17) is 26.1 Å². The third kappa shape index (κ3) is 6.16. The van der Waals surface area contributed by atoms with Gasteiger partial charge in [0.2, 0.25) is 5.95 Å². The van der Waals surface area contributed by atoms with Crippen LogP contribution in [0.4, 0.5) is 25.3 Å². The van der Waals surface area contributed by atoms with Crippen LogP contribution >= 0.6 is 11.6 Å². The molecule has 2 aliphatic rings. The van der Waals surface area contributed by atoms with Gasteiger partial charge in [-0.1, -0.05) is 17.7 Å². The Morgan fingerprint density at radius 1 is 1.00 bits per heavy atom. The molecule has 0 unspecified atom stereocenters. The third-order valence-corrected chi connectivity index (χ3v) is 8.92. The number of likely N-dealkylation sites (N-methyl/N-ethyl adjacent to an activating group) is 1. The first-order chi connectivity index (χ1) is 21.5. The Bertz CT molecular complexity index is 1690. The number of aryl methyl sites for hydroxylation is 1. The molecule has 2 saturated heterocycles. The fourth-order valence-electron chi connectivity index (χ4n) is 5.95. The Balaban J connectivity index is 1.66. The van der Waals surface area contributed by atoms with Gasteiger partial charge in [0.05, 0.1) is 17.7 Å². The molecule has 1 amide bonds. The number of carbonyl (C=O) groups excluding carboxylic acids is 2. The van der Waals surface area contributed by atoms with Crippen molar-refractivity contribution in [3.05, 3.63) is 46.0 Å². The van der Waals surface area contributed by atoms with Crippen molar-refractivity contribution in [2.75, 3.05) is 57.2 Å². The summed E-state index contributed by atoms with van der Waals surface area (Å²) in [6.45, 7) is 13.0. The van der Waals surface area contributed by atoms with Crippen LogP contribution < -0.4 is 9.80 Å². The topological polar surface area (TPSA) is 91.3 Å². The predicted octanol–water partition coefficient (Wildman–Crippen LogP) is 5.91. The number of halogens is 3. The fraction of sp³-hybridized carbons (Fsp3) is 0.515. The van der Waals surface area contributed by atoms with Gasteiger partial charge in [-0.25, -0.2) is 23.4 Å². The van der Waals surface area contributed by atoms with Crippen LogP contribution in [0.25, 0.3) is 22.0 Å². The van der Waals surface area contributed by atoms with Crippen molar-refractivity contribution in [2.24, 2.45) is 0 Å². The summed E-state index contributed by atoms with van der Waals surface area (Å²) in [5.74, 6) is -1.84. The molecule has 0 N–H and O–H groups in total. The lowest BCUT2D eigenvalue weighted by molar-refractivity contribution is 0.0130. The Kier molecular flexibility index (Phi) is 9.09. The molecule has 13 heteroatoms. The smallest absolute Gasteiger partial charge is 0.410 e. The summed E-state index contributed by atoms with van der Waals surface area (Å²) in [6.07, 6.45) is -0.402. The minimum Gasteiger partial charge on any atom is -0.465 e. The monoisotopic (exact) mass is 658 g/mol. The van der Waals surface area contributed by atoms with E-state index in [1.54, 1.807) is 17.9 Å². The van der Waals surface area contributed by atoms with E-state index in [1.165, 1.54) is 12.1 Å². The minimum absolute atomic E-state index is 0.0237. The van der Waals surface area contributed by atoms with Crippen LogP contribution in [0.2, 0.25) is 5.02 Å². The number of methoxy groups -OCH3 is 1. The number of hydrogen-bond donors (Lipinski definition) is 0. The highest BCUT2D eigenvalue weighted by atomic mass is 35.5. The second-order valence-electron chi connectivity index (χ2n) is 13.4. The average Bonchev–Trinajstić information content (AvgIpc) is 2.93. The molecule has 0 aliphatic carbocycles. The molecule has 2 aliphatic heterocycles. The van der Waals surface area contributed by atoms with E-state index in [0.717, 1.165) is 7.11 Å². The number of anilines is 2. The van der Waals surface area contributed by atoms with E-state index in [2.05, 4.69) is 9.88 Å². The van der Waals surface area contributed by atoms with Crippen molar-refractivity contribution in [1.29, 1.82) is 0 Å². The third-order valence-electron chi connectivity index (χ3n) is 8.62. The number of rotatable bonds is 5. The Hall–Kier alpha value is -3.77. The first-order valence-electron chi connectivity index (χ1n) is 15.3. The van der Waals surface area contributed by atoms with Gasteiger partial charge in [-0.05, 0) is 73.3 Å². The van der Waals surface area contributed by atoms with E-state index in [1.807, 2.05) is 58.5 Å². The number of aromatic nitrogens is 2. The molecular weight excluding hydrogens is 618 g/mol. The van der Waals surface area contributed by atoms with E-state index >= 15 is 8.78 Å². The molecule has 2 fully saturated rings. The lowest BCUT2D eigenvalue weighted by atomic mass is 9.95. The highest BCUT2D eigenvalue weighted by Crippen LogP contribution is 2.42. The average molecular weight is 659 g/mol. The Morgan fingerprint density at radius 3 is 2.28 bits per heavy atom. The van der Waals surface area contributed by atoms with E-state index in [9.17, 15) is 9.59 Å². The van der Waals surface area contributed by atoms with Crippen molar-refractivity contribution < 1.29 is 27.8 Å². The number of nitrogens with zero attached hydrogens (tertiary/aromatic N) is 6. The second-order valence-corrected chi connectivity index (χ2v) is 13.8. The minimum atomic E-state index is -0.932. The highest BCUT2D eigenvalue weighted by Gasteiger charge is 2.38. The van der Waals surface area contributed by atoms with Crippen LogP contribution in [0.3, 0.4) is 0 Å². The summed E-state index contributed by atoms with van der Waals surface area (Å²) in [6, 6.07) is 4.18. The number of piperazine rings is 1. The molecule has 3 aromatic rings. The van der Waals surface area contributed by atoms with Crippen molar-refractivity contribution >= 4 is 46.3 Å². The number of fused-ring (bicyclic) bond motifs is 1. The van der Waals surface area contributed by atoms with Gasteiger partial charge in [0.1, 0.15) is 22.8 Å². The van der Waals surface area contributed by atoms with Crippen LogP contribution in [0.15, 0.2) is 18.2 Å². The number of ether oxygens (including phenoxy) is 2. The number of hydrogen-bond acceptors (Lipinski definition) is 9. The van der Waals surface area contributed by atoms with E-state index in [-0.39, 0.29) is 45.4 Å². The molecule has 0 radical (unpaired) electrons. The molecule has 2 aromatic carbocycles. The predicted molar refractivity (Wildman–Crippen MR) is 175 cm³/mol. The lowest BCUT2D eigenvalue weighted by Gasteiger charge is -2.46. The van der Waals surface area contributed by atoms with Gasteiger partial charge >= 0.3 is 12.1 Å². The van der Waals surface area contributed by atoms with Crippen molar-refractivity contribution in [2.45, 2.75) is 65.3 Å². The van der Waals surface area contributed by atoms with Gasteiger partial charge in [-0.3, -0.25) is 0 Å². The zero-order chi connectivity index (χ0) is 33.8. The fourth-order valence-corrected chi connectivity index (χ4v) is 6.23. The van der Waals surface area contributed by atoms with Crippen LogP contribution in [-0.4, -0.2) is 103 Å². The summed E-state index contributed by atoms with van der Waals surface area (Å²) in [5, 5.41) is 0.294. The molecule has 5 rings (SSSR count). The largest absolute Gasteiger partial charge is 0.465 e. The number of benzene rings is 2. The van der Waals surface area contributed by atoms with Gasteiger partial charge < -0.3 is 29.1 Å². The summed E-state index contributed by atoms with van der Waals surface area (Å²) in [5.41, 5.74) is -0.947. The summed E-state index contributed by atoms with van der Waals surface area (Å²) < 4.78 is 43.1. The lowest BCUT2D eigenvalue weighted by Crippen LogP contribution is -2.59. The molecule has 46 heavy (non-hydrogen) atoms. The number of esters is 1. The molecule has 2 atom stereocenters. The number of carbonyl (C=O) groups is 2. The van der Waals surface area contributed by atoms with Gasteiger partial charge in [0, 0.05) is 60.8 Å². The number of amides is 1. The van der Waals surface area contributed by atoms with Crippen LogP contribution in [0, 0.1) is 18.6 Å². The molecule has 10 nitrogen and oxygen atoms in total. The van der Waals surface area contributed by atoms with Crippen LogP contribution in [-0.2, 0) is 9.47 Å². The van der Waals surface area contributed by atoms with Gasteiger partial charge in [0.25, 0.3) is 0 Å². The maximum absolute atomic E-state index is 16.8. The highest BCUT2D eigenvalue weighted by molar-refractivity contribution is 6.34. The quantitative estimate of drug-likeness (QED) is 0.311. The van der Waals surface area contributed by atoms with Crippen molar-refractivity contribution in [3.63, 3.8) is 0 Å². The van der Waals surface area contributed by atoms with Gasteiger partial charge in [-0.2, -0.15) is 4.98 Å². The Labute approximate surface area is 273 Å². The normalized spacial score (nSPS) is 19.1. The van der Waals surface area contributed by atoms with E-state index < -0.39 is 29.3 Å². The molecular formula is C33H41ClF2N6O4. The summed E-state index contributed by atoms with van der Waals surface area (Å²) in [7, 11) is 5.14. The molecule has 1 aromatic heterocycles. The van der Waals surface area contributed by atoms with Crippen molar-refractivity contribution in [1.82, 2.24) is 19.8 Å². The van der Waals surface area contributed by atoms with E-state index in [0.29, 0.717) is 48.9 Å². The molecule has 0 spiro atoms. The first kappa shape index (κ1) is 33.6. The SMILES string of the molecule is COC(=O)c1ccc(C)c(-c2c(Cl)cc3c(N4C[C@@H](C)N(C(=O)OC(C)(C)C)C[C@@H]4C)nc(N4CC(N(C)C)C4)nc3c2F)c1F. The molecule has 3 heterocycles. The van der Waals surface area contributed by atoms with Gasteiger partial charge in [0.15, 0.2) is 5.82 Å². The maximum Gasteiger partial charge on any atom is 0.410 e. The first-order valence-corrected chi connectivity index (χ1v) is 15.6. The molecule has 0 bridgehead atoms. The van der Waals surface area contributed by atoms with Crippen LogP contribution in [0.1, 0.15) is 50.5 Å². The van der Waals surface area contributed by atoms with Crippen molar-refractivity contribution in [3.8, 4) is 11.1 Å². The summed E-state index contributed by atoms with van der Waals surface area (Å²) in [4.78, 5) is 42.7. The zero-order valence-corrected chi connectivity index (χ0v) is 28.5. The molecule has 0 saturated carbocycles. The standard InChI is InChI=1S/C33H41ClF2N6O4/c1-17-10-11-21(30(43)45-9)26(35)24(17)25-23(34)12-22-28(27(25)36)37-31(40-15-20(16-40)39(7)8)38-29(22)41-13-19(3)42(14-18(41)2)32(44)46-33(4,5)6/h10-12,18-20H,13-16H2,1-9H3/t18-,19+/m0/s1. The summed E-state index contributed by atoms with van der Waals surface area (Å²) >= 11 is 6.77. The second kappa shape index (κ2) is 12.4. The van der Waals surface area contributed by atoms with Gasteiger partial charge in [-0.15, -0.1) is 0 Å². The Morgan fingerprint density at radius 2 is 1.67 bits per heavy atom. The molecule has 248 valence electrons. The maximum atomic E-state index is 16.8. The zero-order valence-electron chi connectivity index (χ0n) is 27.7. The van der Waals surface area contributed by atoms with Crippen LogP contribution in [0.5, 0.6) is 0 Å².